The van der Waals surface area contributed by atoms with Gasteiger partial charge in [0.15, 0.2) is 0 Å². The van der Waals surface area contributed by atoms with Gasteiger partial charge in [0.1, 0.15) is 23.0 Å². The van der Waals surface area contributed by atoms with Crippen molar-refractivity contribution in [3.8, 4) is 5.88 Å². The molecule has 0 bridgehead atoms. The summed E-state index contributed by atoms with van der Waals surface area (Å²) in [5.74, 6) is -1.43. The molecule has 3 rings (SSSR count). The fourth-order valence-corrected chi connectivity index (χ4v) is 3.99. The highest BCUT2D eigenvalue weighted by Gasteiger charge is 2.22. The van der Waals surface area contributed by atoms with Gasteiger partial charge in [-0.3, -0.25) is 15.0 Å². The molecule has 0 aliphatic carbocycles. The van der Waals surface area contributed by atoms with Crippen LogP contribution in [-0.4, -0.2) is 60.6 Å². The van der Waals surface area contributed by atoms with Gasteiger partial charge in [-0.2, -0.15) is 4.37 Å². The number of rotatable bonds is 10. The summed E-state index contributed by atoms with van der Waals surface area (Å²) >= 11 is 6.59. The van der Waals surface area contributed by atoms with Gasteiger partial charge in [0.2, 0.25) is 5.88 Å². The molecule has 1 aromatic heterocycles. The number of primary amides is 1. The fourth-order valence-electron chi connectivity index (χ4n) is 3.10. The molecule has 3 amide bonds. The van der Waals surface area contributed by atoms with Gasteiger partial charge in [0.25, 0.3) is 5.91 Å². The Morgan fingerprint density at radius 1 is 1.31 bits per heavy atom. The van der Waals surface area contributed by atoms with Crippen LogP contribution < -0.4 is 21.1 Å². The van der Waals surface area contributed by atoms with E-state index in [2.05, 4.69) is 19.9 Å². The van der Waals surface area contributed by atoms with Gasteiger partial charge < -0.3 is 20.5 Å². The maximum atomic E-state index is 13.9. The maximum Gasteiger partial charge on any atom is 0.319 e. The summed E-state index contributed by atoms with van der Waals surface area (Å²) in [7, 11) is 0. The van der Waals surface area contributed by atoms with E-state index in [1.165, 1.54) is 12.1 Å². The summed E-state index contributed by atoms with van der Waals surface area (Å²) in [6, 6.07) is 3.68. The molecular formula is C20H25ClFN5O4S. The molecule has 1 saturated heterocycles. The van der Waals surface area contributed by atoms with Gasteiger partial charge in [0, 0.05) is 30.2 Å². The number of anilines is 1. The predicted molar refractivity (Wildman–Crippen MR) is 120 cm³/mol. The van der Waals surface area contributed by atoms with E-state index in [0.29, 0.717) is 6.54 Å². The second-order valence-corrected chi connectivity index (χ2v) is 8.33. The number of carbonyl (C=O) groups excluding carboxylic acids is 2. The van der Waals surface area contributed by atoms with Gasteiger partial charge in [-0.15, -0.1) is 0 Å². The SMILES string of the molecule is NC(=O)c1c(OCc2ccc(Cl)cc2F)nsc1NC(=O)NCCCCN1CCOCC1. The van der Waals surface area contributed by atoms with Crippen LogP contribution in [0.4, 0.5) is 14.2 Å². The van der Waals surface area contributed by atoms with Crippen molar-refractivity contribution in [1.82, 2.24) is 14.6 Å². The van der Waals surface area contributed by atoms with Crippen LogP contribution in [0.25, 0.3) is 0 Å². The zero-order valence-corrected chi connectivity index (χ0v) is 18.9. The number of urea groups is 1. The number of halogens is 2. The molecule has 1 fully saturated rings. The van der Waals surface area contributed by atoms with Crippen molar-refractivity contribution < 1.29 is 23.5 Å². The largest absolute Gasteiger partial charge is 0.471 e. The lowest BCUT2D eigenvalue weighted by atomic mass is 10.2. The van der Waals surface area contributed by atoms with E-state index in [1.807, 2.05) is 0 Å². The number of hydrogen-bond donors (Lipinski definition) is 3. The zero-order valence-electron chi connectivity index (χ0n) is 17.4. The van der Waals surface area contributed by atoms with Crippen LogP contribution in [0.5, 0.6) is 5.88 Å². The highest BCUT2D eigenvalue weighted by molar-refractivity contribution is 7.11. The van der Waals surface area contributed by atoms with Gasteiger partial charge >= 0.3 is 6.03 Å². The van der Waals surface area contributed by atoms with Crippen molar-refractivity contribution in [1.29, 1.82) is 0 Å². The van der Waals surface area contributed by atoms with Gasteiger partial charge in [-0.1, -0.05) is 17.7 Å². The minimum Gasteiger partial charge on any atom is -0.471 e. The molecule has 4 N–H and O–H groups in total. The molecule has 1 aromatic carbocycles. The molecule has 2 aromatic rings. The number of ether oxygens (including phenoxy) is 2. The number of carbonyl (C=O) groups is 2. The van der Waals surface area contributed by atoms with Crippen molar-refractivity contribution in [2.75, 3.05) is 44.7 Å². The first-order valence-corrected chi connectivity index (χ1v) is 11.3. The van der Waals surface area contributed by atoms with Crippen molar-refractivity contribution in [3.63, 3.8) is 0 Å². The summed E-state index contributed by atoms with van der Waals surface area (Å²) in [5, 5.41) is 5.74. The van der Waals surface area contributed by atoms with E-state index in [9.17, 15) is 14.0 Å². The fraction of sp³-hybridized carbons (Fsp3) is 0.450. The summed E-state index contributed by atoms with van der Waals surface area (Å²) in [4.78, 5) is 26.4. The Balaban J connectivity index is 1.47. The van der Waals surface area contributed by atoms with Crippen molar-refractivity contribution in [2.24, 2.45) is 5.73 Å². The smallest absolute Gasteiger partial charge is 0.319 e. The first kappa shape index (κ1) is 24.2. The first-order valence-electron chi connectivity index (χ1n) is 10.1. The number of benzene rings is 1. The van der Waals surface area contributed by atoms with Crippen LogP contribution in [0.2, 0.25) is 5.02 Å². The topological polar surface area (TPSA) is 119 Å². The number of amides is 3. The Hall–Kier alpha value is -2.47. The van der Waals surface area contributed by atoms with Gasteiger partial charge in [-0.05, 0) is 43.1 Å². The lowest BCUT2D eigenvalue weighted by molar-refractivity contribution is 0.0372. The van der Waals surface area contributed by atoms with Crippen LogP contribution in [0.15, 0.2) is 18.2 Å². The van der Waals surface area contributed by atoms with Crippen LogP contribution in [0.3, 0.4) is 0 Å². The standard InChI is InChI=1S/C20H25ClFN5O4S/c21-14-4-3-13(15(22)11-14)12-31-18-16(17(23)28)19(32-26-18)25-20(29)24-5-1-2-6-27-7-9-30-10-8-27/h3-4,11H,1-2,5-10,12H2,(H2,23,28)(H2,24,25,29). The lowest BCUT2D eigenvalue weighted by Gasteiger charge is -2.26. The second-order valence-electron chi connectivity index (χ2n) is 7.12. The average molecular weight is 486 g/mol. The summed E-state index contributed by atoms with van der Waals surface area (Å²) in [5.41, 5.74) is 5.61. The number of morpholine rings is 1. The van der Waals surface area contributed by atoms with E-state index in [0.717, 1.165) is 63.3 Å². The van der Waals surface area contributed by atoms with Crippen LogP contribution >= 0.6 is 23.1 Å². The predicted octanol–water partition coefficient (Wildman–Crippen LogP) is 2.85. The monoisotopic (exact) mass is 485 g/mol. The van der Waals surface area contributed by atoms with Crippen molar-refractivity contribution in [3.05, 3.63) is 40.2 Å². The second kappa shape index (κ2) is 12.0. The molecule has 0 atom stereocenters. The van der Waals surface area contributed by atoms with E-state index in [4.69, 9.17) is 26.8 Å². The molecule has 32 heavy (non-hydrogen) atoms. The Kier molecular flexibility index (Phi) is 9.03. The van der Waals surface area contributed by atoms with Crippen LogP contribution in [0, 0.1) is 5.82 Å². The van der Waals surface area contributed by atoms with Crippen molar-refractivity contribution >= 4 is 40.1 Å². The number of unbranched alkanes of at least 4 members (excludes halogenated alkanes) is 1. The molecule has 0 unspecified atom stereocenters. The Bertz CT molecular complexity index is 939. The first-order chi connectivity index (χ1) is 15.4. The number of nitrogens with zero attached hydrogens (tertiary/aromatic N) is 2. The number of nitrogens with two attached hydrogens (primary N) is 1. The molecule has 0 saturated carbocycles. The van der Waals surface area contributed by atoms with E-state index < -0.39 is 17.8 Å². The quantitative estimate of drug-likeness (QED) is 0.445. The summed E-state index contributed by atoms with van der Waals surface area (Å²) in [6.07, 6.45) is 1.77. The van der Waals surface area contributed by atoms with Crippen LogP contribution in [-0.2, 0) is 11.3 Å². The Labute approximate surface area is 194 Å². The Morgan fingerprint density at radius 3 is 2.81 bits per heavy atom. The third-order valence-electron chi connectivity index (χ3n) is 4.80. The maximum absolute atomic E-state index is 13.9. The molecule has 0 radical (unpaired) electrons. The van der Waals surface area contributed by atoms with E-state index in [1.54, 1.807) is 0 Å². The zero-order chi connectivity index (χ0) is 22.9. The third-order valence-corrected chi connectivity index (χ3v) is 5.79. The molecule has 9 nitrogen and oxygen atoms in total. The normalized spacial score (nSPS) is 14.2. The van der Waals surface area contributed by atoms with Gasteiger partial charge in [-0.25, -0.2) is 9.18 Å². The van der Waals surface area contributed by atoms with Crippen molar-refractivity contribution in [2.45, 2.75) is 19.4 Å². The molecule has 1 aliphatic heterocycles. The average Bonchev–Trinajstić information content (AvgIpc) is 3.16. The lowest BCUT2D eigenvalue weighted by Crippen LogP contribution is -2.37. The number of nitrogens with one attached hydrogen (secondary N) is 2. The van der Waals surface area contributed by atoms with E-state index in [-0.39, 0.29) is 33.6 Å². The molecule has 0 spiro atoms. The minimum atomic E-state index is -0.814. The highest BCUT2D eigenvalue weighted by atomic mass is 35.5. The molecule has 1 aliphatic rings. The van der Waals surface area contributed by atoms with Gasteiger partial charge in [0.05, 0.1) is 13.2 Å². The highest BCUT2D eigenvalue weighted by Crippen LogP contribution is 2.31. The van der Waals surface area contributed by atoms with E-state index >= 15 is 0 Å². The summed E-state index contributed by atoms with van der Waals surface area (Å²) in [6.45, 7) is 4.66. The van der Waals surface area contributed by atoms with Crippen LogP contribution in [0.1, 0.15) is 28.8 Å². The molecule has 174 valence electrons. The minimum absolute atomic E-state index is 0.0631. The third kappa shape index (κ3) is 7.02. The summed E-state index contributed by atoms with van der Waals surface area (Å²) < 4.78 is 28.7. The number of hydrogen-bond acceptors (Lipinski definition) is 7. The number of aromatic nitrogens is 1. The molecule has 2 heterocycles. The Morgan fingerprint density at radius 2 is 2.09 bits per heavy atom. The molecule has 12 heteroatoms. The molecular weight excluding hydrogens is 461 g/mol.